The summed E-state index contributed by atoms with van der Waals surface area (Å²) in [6.45, 7) is 0. The number of nitrogens with one attached hydrogen (secondary N) is 1. The second-order valence-electron chi connectivity index (χ2n) is 7.22. The van der Waals surface area contributed by atoms with Crippen molar-refractivity contribution in [3.05, 3.63) is 69.6 Å². The lowest BCUT2D eigenvalue weighted by atomic mass is 9.95. The summed E-state index contributed by atoms with van der Waals surface area (Å²) in [5, 5.41) is 5.72. The first kappa shape index (κ1) is 18.8. The number of fused-ring (bicyclic) bond motifs is 2. The molecule has 6 heteroatoms. The number of aromatic nitrogens is 1. The summed E-state index contributed by atoms with van der Waals surface area (Å²) in [5.74, 6) is -0.0425. The Balaban J connectivity index is 1.52. The second-order valence-corrected chi connectivity index (χ2v) is 9.76. The molecule has 146 valence electrons. The average Bonchev–Trinajstić information content (AvgIpc) is 3.30. The number of nitrogens with zero attached hydrogens (tertiary/aromatic N) is 1. The molecule has 1 aliphatic rings. The van der Waals surface area contributed by atoms with Gasteiger partial charge in [-0.25, -0.2) is 4.98 Å². The normalized spacial score (nSPS) is 13.4. The van der Waals surface area contributed by atoms with E-state index >= 15 is 0 Å². The zero-order valence-corrected chi connectivity index (χ0v) is 18.1. The third kappa shape index (κ3) is 3.70. The van der Waals surface area contributed by atoms with Crippen molar-refractivity contribution in [3.8, 4) is 10.6 Å². The van der Waals surface area contributed by atoms with E-state index in [2.05, 4.69) is 11.4 Å². The van der Waals surface area contributed by atoms with Crippen LogP contribution >= 0.6 is 34.3 Å². The predicted octanol–water partition coefficient (Wildman–Crippen LogP) is 6.74. The number of carbonyl (C=O) groups excluding carboxylic acids is 1. The van der Waals surface area contributed by atoms with Crippen molar-refractivity contribution in [2.75, 3.05) is 5.32 Å². The summed E-state index contributed by atoms with van der Waals surface area (Å²) < 4.78 is 1.17. The number of rotatable bonds is 4. The van der Waals surface area contributed by atoms with Gasteiger partial charge in [0.1, 0.15) is 10.0 Å². The number of halogens is 1. The second kappa shape index (κ2) is 7.90. The first-order valence-electron chi connectivity index (χ1n) is 9.73. The quantitative estimate of drug-likeness (QED) is 0.383. The number of hydrogen-bond acceptors (Lipinski definition) is 4. The molecule has 0 unspecified atom stereocenters. The van der Waals surface area contributed by atoms with Crippen LogP contribution in [0.2, 0.25) is 5.02 Å². The zero-order chi connectivity index (χ0) is 19.8. The Hall–Kier alpha value is -2.21. The van der Waals surface area contributed by atoms with Crippen LogP contribution in [0.15, 0.2) is 48.5 Å². The summed E-state index contributed by atoms with van der Waals surface area (Å²) >= 11 is 9.65. The molecule has 0 bridgehead atoms. The Morgan fingerprint density at radius 2 is 1.83 bits per heavy atom. The molecule has 0 radical (unpaired) electrons. The lowest BCUT2D eigenvalue weighted by Gasteiger charge is -2.12. The van der Waals surface area contributed by atoms with E-state index in [1.165, 1.54) is 28.0 Å². The van der Waals surface area contributed by atoms with E-state index < -0.39 is 0 Å². The maximum absolute atomic E-state index is 12.8. The van der Waals surface area contributed by atoms with E-state index in [0.29, 0.717) is 5.02 Å². The smallest absolute Gasteiger partial charge is 0.229 e. The molecular weight excluding hydrogens is 420 g/mol. The van der Waals surface area contributed by atoms with Crippen molar-refractivity contribution in [2.45, 2.75) is 32.1 Å². The summed E-state index contributed by atoms with van der Waals surface area (Å²) in [5.41, 5.74) is 4.35. The number of para-hydroxylation sites is 1. The number of benzene rings is 2. The zero-order valence-electron chi connectivity index (χ0n) is 15.7. The average molecular weight is 439 g/mol. The number of amides is 1. The van der Waals surface area contributed by atoms with Crippen molar-refractivity contribution < 1.29 is 4.79 Å². The van der Waals surface area contributed by atoms with E-state index in [-0.39, 0.29) is 12.3 Å². The fourth-order valence-electron chi connectivity index (χ4n) is 3.84. The fourth-order valence-corrected chi connectivity index (χ4v) is 6.46. The molecule has 29 heavy (non-hydrogen) atoms. The monoisotopic (exact) mass is 438 g/mol. The lowest BCUT2D eigenvalue weighted by Crippen LogP contribution is -2.14. The Morgan fingerprint density at radius 1 is 1.03 bits per heavy atom. The van der Waals surface area contributed by atoms with Gasteiger partial charge < -0.3 is 5.32 Å². The molecule has 3 nitrogen and oxygen atoms in total. The Bertz CT molecular complexity index is 1180. The van der Waals surface area contributed by atoms with Crippen LogP contribution in [0.3, 0.4) is 0 Å². The summed E-state index contributed by atoms with van der Waals surface area (Å²) in [6.07, 6.45) is 4.80. The molecule has 0 spiro atoms. The first-order chi connectivity index (χ1) is 14.2. The lowest BCUT2D eigenvalue weighted by molar-refractivity contribution is -0.115. The van der Waals surface area contributed by atoms with Gasteiger partial charge in [0.05, 0.1) is 16.6 Å². The maximum atomic E-state index is 12.8. The van der Waals surface area contributed by atoms with Gasteiger partial charge in [-0.2, -0.15) is 0 Å². The minimum Gasteiger partial charge on any atom is -0.317 e. The third-order valence-corrected chi connectivity index (χ3v) is 7.87. The molecule has 4 aromatic rings. The van der Waals surface area contributed by atoms with Gasteiger partial charge in [-0.3, -0.25) is 4.79 Å². The van der Waals surface area contributed by atoms with Gasteiger partial charge in [-0.1, -0.05) is 41.9 Å². The number of thiophene rings is 1. The third-order valence-electron chi connectivity index (χ3n) is 5.24. The van der Waals surface area contributed by atoms with Gasteiger partial charge in [0, 0.05) is 15.5 Å². The molecule has 0 saturated carbocycles. The SMILES string of the molecule is O=C(Cc1ccccc1Cl)Nc1sc2c(c1-c1nc3ccccc3s1)CCCC2. The summed E-state index contributed by atoms with van der Waals surface area (Å²) in [4.78, 5) is 19.1. The molecule has 2 heterocycles. The number of anilines is 1. The van der Waals surface area contributed by atoms with Crippen molar-refractivity contribution in [2.24, 2.45) is 0 Å². The Kier molecular flexibility index (Phi) is 5.12. The molecule has 0 fully saturated rings. The van der Waals surface area contributed by atoms with E-state index in [1.807, 2.05) is 42.5 Å². The van der Waals surface area contributed by atoms with E-state index in [9.17, 15) is 4.79 Å². The van der Waals surface area contributed by atoms with Crippen molar-refractivity contribution in [1.82, 2.24) is 4.98 Å². The first-order valence-corrected chi connectivity index (χ1v) is 11.7. The highest BCUT2D eigenvalue weighted by molar-refractivity contribution is 7.22. The van der Waals surface area contributed by atoms with E-state index in [0.717, 1.165) is 39.5 Å². The highest BCUT2D eigenvalue weighted by atomic mass is 35.5. The number of aryl methyl sites for hydroxylation is 1. The van der Waals surface area contributed by atoms with Gasteiger partial charge in [-0.05, 0) is 55.0 Å². The van der Waals surface area contributed by atoms with Crippen molar-refractivity contribution in [1.29, 1.82) is 0 Å². The maximum Gasteiger partial charge on any atom is 0.229 e. The minimum atomic E-state index is -0.0425. The molecule has 5 rings (SSSR count). The number of carbonyl (C=O) groups is 1. The highest BCUT2D eigenvalue weighted by Gasteiger charge is 2.25. The Labute approximate surface area is 182 Å². The molecule has 0 saturated heterocycles. The summed E-state index contributed by atoms with van der Waals surface area (Å²) in [7, 11) is 0. The molecule has 1 aliphatic carbocycles. The molecule has 1 N–H and O–H groups in total. The molecule has 0 atom stereocenters. The van der Waals surface area contributed by atoms with Gasteiger partial charge in [0.2, 0.25) is 5.91 Å². The standard InChI is InChI=1S/C23H19ClN2OS2/c24-16-9-3-1-7-14(16)13-20(27)26-23-21(15-8-2-5-11-18(15)28-23)22-25-17-10-4-6-12-19(17)29-22/h1,3-4,6-7,9-10,12H,2,5,8,11,13H2,(H,26,27). The van der Waals surface area contributed by atoms with Gasteiger partial charge in [0.25, 0.3) is 0 Å². The predicted molar refractivity (Wildman–Crippen MR) is 123 cm³/mol. The van der Waals surface area contributed by atoms with Crippen LogP contribution in [-0.4, -0.2) is 10.9 Å². The Morgan fingerprint density at radius 3 is 2.69 bits per heavy atom. The van der Waals surface area contributed by atoms with Crippen LogP contribution in [-0.2, 0) is 24.1 Å². The van der Waals surface area contributed by atoms with Gasteiger partial charge in [0.15, 0.2) is 0 Å². The van der Waals surface area contributed by atoms with Crippen molar-refractivity contribution in [3.63, 3.8) is 0 Å². The van der Waals surface area contributed by atoms with Crippen molar-refractivity contribution >= 4 is 55.4 Å². The number of thiazole rings is 1. The molecule has 1 amide bonds. The van der Waals surface area contributed by atoms with Crippen LogP contribution in [0, 0.1) is 0 Å². The van der Waals surface area contributed by atoms with Crippen LogP contribution in [0.4, 0.5) is 5.00 Å². The van der Waals surface area contributed by atoms with Crippen LogP contribution in [0.5, 0.6) is 0 Å². The summed E-state index contributed by atoms with van der Waals surface area (Å²) in [6, 6.07) is 15.7. The van der Waals surface area contributed by atoms with Crippen LogP contribution < -0.4 is 5.32 Å². The molecule has 0 aliphatic heterocycles. The van der Waals surface area contributed by atoms with Gasteiger partial charge in [-0.15, -0.1) is 22.7 Å². The minimum absolute atomic E-state index is 0.0425. The van der Waals surface area contributed by atoms with Crippen LogP contribution in [0.1, 0.15) is 28.8 Å². The van der Waals surface area contributed by atoms with Crippen LogP contribution in [0.25, 0.3) is 20.8 Å². The molecular formula is C23H19ClN2OS2. The van der Waals surface area contributed by atoms with Gasteiger partial charge >= 0.3 is 0 Å². The largest absolute Gasteiger partial charge is 0.317 e. The highest BCUT2D eigenvalue weighted by Crippen LogP contribution is 2.46. The number of hydrogen-bond donors (Lipinski definition) is 1. The molecule has 2 aromatic carbocycles. The molecule has 2 aromatic heterocycles. The topological polar surface area (TPSA) is 42.0 Å². The van der Waals surface area contributed by atoms with E-state index in [1.54, 1.807) is 22.7 Å². The fraction of sp³-hybridized carbons (Fsp3) is 0.217. The van der Waals surface area contributed by atoms with E-state index in [4.69, 9.17) is 16.6 Å².